The Labute approximate surface area is 121 Å². The predicted molar refractivity (Wildman–Crippen MR) is 80.8 cm³/mol. The van der Waals surface area contributed by atoms with Crippen LogP contribution in [0, 0.1) is 0 Å². The number of hydrogen-bond donors (Lipinski definition) is 1. The summed E-state index contributed by atoms with van der Waals surface area (Å²) in [6.07, 6.45) is 3.10. The third-order valence-corrected chi connectivity index (χ3v) is 3.28. The molecule has 0 atom stereocenters. The molecular formula is C17H12N2O2. The molecule has 0 fully saturated rings. The first-order valence-electron chi connectivity index (χ1n) is 6.45. The lowest BCUT2D eigenvalue weighted by Crippen LogP contribution is -2.16. The van der Waals surface area contributed by atoms with Crippen molar-refractivity contribution in [2.45, 2.75) is 0 Å². The van der Waals surface area contributed by atoms with E-state index in [9.17, 15) is 10.0 Å². The number of carbonyl (C=O) groups excluding carboxylic acids is 1. The van der Waals surface area contributed by atoms with Crippen molar-refractivity contribution >= 4 is 22.3 Å². The van der Waals surface area contributed by atoms with E-state index >= 15 is 0 Å². The van der Waals surface area contributed by atoms with Gasteiger partial charge in [-0.15, -0.1) is 0 Å². The maximum atomic E-state index is 12.5. The molecule has 1 aromatic heterocycles. The Bertz CT molecular complexity index is 826. The Hall–Kier alpha value is -3.01. The van der Waals surface area contributed by atoms with E-state index in [-0.39, 0.29) is 11.5 Å². The molecule has 1 N–H and O–H groups in total. The number of hydrogen-bond acceptors (Lipinski definition) is 4. The molecule has 4 heteroatoms. The summed E-state index contributed by atoms with van der Waals surface area (Å²) in [6, 6.07) is 16.5. The molecule has 0 unspecified atom stereocenters. The van der Waals surface area contributed by atoms with Gasteiger partial charge in [-0.05, 0) is 29.0 Å². The van der Waals surface area contributed by atoms with Crippen LogP contribution in [-0.2, 0) is 0 Å². The summed E-state index contributed by atoms with van der Waals surface area (Å²) < 4.78 is 0. The molecule has 3 rings (SSSR count). The van der Waals surface area contributed by atoms with Crippen molar-refractivity contribution in [3.8, 4) is 0 Å². The van der Waals surface area contributed by atoms with Crippen LogP contribution in [0.2, 0.25) is 0 Å². The van der Waals surface area contributed by atoms with Gasteiger partial charge < -0.3 is 5.21 Å². The van der Waals surface area contributed by atoms with E-state index in [4.69, 9.17) is 0 Å². The third-order valence-electron chi connectivity index (χ3n) is 3.28. The molecule has 3 aromatic rings. The monoisotopic (exact) mass is 276 g/mol. The lowest BCUT2D eigenvalue weighted by Gasteiger charge is -2.05. The van der Waals surface area contributed by atoms with Gasteiger partial charge in [0.25, 0.3) is 0 Å². The molecule has 0 saturated carbocycles. The van der Waals surface area contributed by atoms with E-state index in [1.807, 2.05) is 30.3 Å². The van der Waals surface area contributed by atoms with Gasteiger partial charge in [0.15, 0.2) is 5.71 Å². The largest absolute Gasteiger partial charge is 0.410 e. The second-order valence-corrected chi connectivity index (χ2v) is 4.58. The first kappa shape index (κ1) is 13.0. The highest BCUT2D eigenvalue weighted by molar-refractivity contribution is 6.51. The summed E-state index contributed by atoms with van der Waals surface area (Å²) >= 11 is 0. The topological polar surface area (TPSA) is 62.5 Å². The molecule has 0 saturated heterocycles. The minimum absolute atomic E-state index is 0.00711. The minimum atomic E-state index is -0.325. The van der Waals surface area contributed by atoms with Gasteiger partial charge in [0, 0.05) is 23.5 Å². The second-order valence-electron chi connectivity index (χ2n) is 4.58. The Balaban J connectivity index is 2.03. The smallest absolute Gasteiger partial charge is 0.215 e. The molecule has 2 aromatic carbocycles. The van der Waals surface area contributed by atoms with Gasteiger partial charge in [0.2, 0.25) is 5.78 Å². The SMILES string of the molecule is O=C(C(=NO)c1ccncc1)c1ccc2ccccc2c1. The standard InChI is InChI=1S/C17H12N2O2/c20-17(16(19-21)13-7-9-18-10-8-13)15-6-5-12-3-1-2-4-14(12)11-15/h1-11,21H. The summed E-state index contributed by atoms with van der Waals surface area (Å²) in [4.78, 5) is 16.4. The zero-order valence-corrected chi connectivity index (χ0v) is 11.1. The van der Waals surface area contributed by atoms with Gasteiger partial charge in [0.1, 0.15) is 0 Å². The lowest BCUT2D eigenvalue weighted by molar-refractivity contribution is 0.106. The summed E-state index contributed by atoms with van der Waals surface area (Å²) in [5, 5.41) is 14.3. The van der Waals surface area contributed by atoms with Crippen molar-refractivity contribution in [3.05, 3.63) is 78.1 Å². The number of Topliss-reactive ketones (excluding diaryl/α,β-unsaturated/α-hetero) is 1. The number of benzene rings is 2. The Morgan fingerprint density at radius 1 is 0.905 bits per heavy atom. The number of fused-ring (bicyclic) bond motifs is 1. The van der Waals surface area contributed by atoms with Crippen molar-refractivity contribution in [2.24, 2.45) is 5.16 Å². The van der Waals surface area contributed by atoms with E-state index in [0.717, 1.165) is 10.8 Å². The van der Waals surface area contributed by atoms with E-state index in [1.165, 1.54) is 0 Å². The van der Waals surface area contributed by atoms with Crippen LogP contribution in [0.5, 0.6) is 0 Å². The van der Waals surface area contributed by atoms with Crippen LogP contribution in [0.4, 0.5) is 0 Å². The molecule has 0 radical (unpaired) electrons. The summed E-state index contributed by atoms with van der Waals surface area (Å²) in [6.45, 7) is 0. The van der Waals surface area contributed by atoms with Crippen LogP contribution in [0.15, 0.2) is 72.1 Å². The highest BCUT2D eigenvalue weighted by Gasteiger charge is 2.17. The number of carbonyl (C=O) groups is 1. The zero-order chi connectivity index (χ0) is 14.7. The van der Waals surface area contributed by atoms with Crippen LogP contribution >= 0.6 is 0 Å². The Morgan fingerprint density at radius 3 is 2.33 bits per heavy atom. The summed E-state index contributed by atoms with van der Waals surface area (Å²) in [5.74, 6) is -0.325. The first-order chi connectivity index (χ1) is 10.3. The molecule has 0 bridgehead atoms. The number of aromatic nitrogens is 1. The molecule has 102 valence electrons. The molecule has 0 spiro atoms. The van der Waals surface area contributed by atoms with E-state index in [0.29, 0.717) is 11.1 Å². The molecule has 0 aliphatic carbocycles. The molecule has 0 amide bonds. The van der Waals surface area contributed by atoms with E-state index in [1.54, 1.807) is 36.7 Å². The number of nitrogens with zero attached hydrogens (tertiary/aromatic N) is 2. The maximum Gasteiger partial charge on any atom is 0.215 e. The van der Waals surface area contributed by atoms with Gasteiger partial charge in [-0.25, -0.2) is 0 Å². The van der Waals surface area contributed by atoms with Gasteiger partial charge in [-0.2, -0.15) is 0 Å². The van der Waals surface area contributed by atoms with E-state index in [2.05, 4.69) is 10.1 Å². The van der Waals surface area contributed by atoms with Crippen LogP contribution in [0.3, 0.4) is 0 Å². The normalized spacial score (nSPS) is 11.5. The maximum absolute atomic E-state index is 12.5. The van der Waals surface area contributed by atoms with Crippen LogP contribution < -0.4 is 0 Å². The van der Waals surface area contributed by atoms with Crippen molar-refractivity contribution in [2.75, 3.05) is 0 Å². The van der Waals surface area contributed by atoms with Gasteiger partial charge in [-0.3, -0.25) is 9.78 Å². The fourth-order valence-corrected chi connectivity index (χ4v) is 2.21. The average molecular weight is 276 g/mol. The highest BCUT2D eigenvalue weighted by atomic mass is 16.4. The van der Waals surface area contributed by atoms with E-state index < -0.39 is 0 Å². The number of oxime groups is 1. The van der Waals surface area contributed by atoms with Crippen molar-refractivity contribution in [1.82, 2.24) is 4.98 Å². The summed E-state index contributed by atoms with van der Waals surface area (Å²) in [5.41, 5.74) is 1.02. The van der Waals surface area contributed by atoms with Gasteiger partial charge in [0.05, 0.1) is 0 Å². The van der Waals surface area contributed by atoms with Crippen molar-refractivity contribution < 1.29 is 10.0 Å². The van der Waals surface area contributed by atoms with Gasteiger partial charge in [-0.1, -0.05) is 41.6 Å². The molecule has 1 heterocycles. The third kappa shape index (κ3) is 2.51. The van der Waals surface area contributed by atoms with Crippen molar-refractivity contribution in [3.63, 3.8) is 0 Å². The lowest BCUT2D eigenvalue weighted by atomic mass is 9.99. The Kier molecular flexibility index (Phi) is 3.43. The minimum Gasteiger partial charge on any atom is -0.410 e. The first-order valence-corrected chi connectivity index (χ1v) is 6.45. The van der Waals surface area contributed by atoms with Crippen molar-refractivity contribution in [1.29, 1.82) is 0 Å². The fourth-order valence-electron chi connectivity index (χ4n) is 2.21. The molecule has 0 aliphatic heterocycles. The zero-order valence-electron chi connectivity index (χ0n) is 11.1. The molecular weight excluding hydrogens is 264 g/mol. The molecule has 21 heavy (non-hydrogen) atoms. The molecule has 0 aliphatic rings. The van der Waals surface area contributed by atoms with Crippen LogP contribution in [0.25, 0.3) is 10.8 Å². The quantitative estimate of drug-likeness (QED) is 0.345. The number of ketones is 1. The second kappa shape index (κ2) is 5.54. The number of pyridine rings is 1. The van der Waals surface area contributed by atoms with Gasteiger partial charge >= 0.3 is 0 Å². The Morgan fingerprint density at radius 2 is 1.62 bits per heavy atom. The predicted octanol–water partition coefficient (Wildman–Crippen LogP) is 3.30. The molecule has 4 nitrogen and oxygen atoms in total. The highest BCUT2D eigenvalue weighted by Crippen LogP contribution is 2.17. The van der Waals surface area contributed by atoms with Crippen LogP contribution in [-0.4, -0.2) is 21.7 Å². The number of rotatable bonds is 3. The summed E-state index contributed by atoms with van der Waals surface area (Å²) in [7, 11) is 0. The fraction of sp³-hybridized carbons (Fsp3) is 0. The average Bonchev–Trinajstić information content (AvgIpc) is 2.56. The van der Waals surface area contributed by atoms with Crippen LogP contribution in [0.1, 0.15) is 15.9 Å².